The summed E-state index contributed by atoms with van der Waals surface area (Å²) in [5.74, 6) is -0.413. The van der Waals surface area contributed by atoms with Crippen LogP contribution < -0.4 is 10.5 Å². The number of para-hydroxylation sites is 1. The highest BCUT2D eigenvalue weighted by molar-refractivity contribution is 5.85. The van der Waals surface area contributed by atoms with Gasteiger partial charge in [0.15, 0.2) is 0 Å². The van der Waals surface area contributed by atoms with Gasteiger partial charge in [-0.3, -0.25) is 0 Å². The lowest BCUT2D eigenvalue weighted by molar-refractivity contribution is -0.253. The average molecular weight is 304 g/mol. The van der Waals surface area contributed by atoms with Gasteiger partial charge in [0.05, 0.1) is 0 Å². The number of halogens is 5. The van der Waals surface area contributed by atoms with Gasteiger partial charge in [-0.2, -0.15) is 17.6 Å². The van der Waals surface area contributed by atoms with Gasteiger partial charge in [-0.25, -0.2) is 0 Å². The SMILES string of the molecule is Cl.N[C@H](CCO)c1ccccc1OC(F)(F)C(F)F. The van der Waals surface area contributed by atoms with Gasteiger partial charge in [0.25, 0.3) is 0 Å². The lowest BCUT2D eigenvalue weighted by Crippen LogP contribution is -2.34. The molecule has 0 spiro atoms. The Morgan fingerprint density at radius 1 is 1.26 bits per heavy atom. The van der Waals surface area contributed by atoms with Crippen LogP contribution in [0.2, 0.25) is 0 Å². The molecule has 0 bridgehead atoms. The molecule has 1 aromatic carbocycles. The molecule has 1 aromatic rings. The molecule has 0 aliphatic heterocycles. The van der Waals surface area contributed by atoms with E-state index in [-0.39, 0.29) is 31.0 Å². The van der Waals surface area contributed by atoms with Crippen molar-refractivity contribution >= 4 is 12.4 Å². The Morgan fingerprint density at radius 2 is 1.84 bits per heavy atom. The summed E-state index contributed by atoms with van der Waals surface area (Å²) >= 11 is 0. The van der Waals surface area contributed by atoms with Crippen molar-refractivity contribution in [3.05, 3.63) is 29.8 Å². The van der Waals surface area contributed by atoms with Gasteiger partial charge in [0.1, 0.15) is 5.75 Å². The molecule has 0 aromatic heterocycles. The van der Waals surface area contributed by atoms with Gasteiger partial charge in [-0.1, -0.05) is 18.2 Å². The maximum Gasteiger partial charge on any atom is 0.461 e. The monoisotopic (exact) mass is 303 g/mol. The van der Waals surface area contributed by atoms with Crippen LogP contribution in [0, 0.1) is 0 Å². The zero-order valence-corrected chi connectivity index (χ0v) is 10.5. The average Bonchev–Trinajstić information content (AvgIpc) is 2.29. The minimum Gasteiger partial charge on any atom is -0.428 e. The largest absolute Gasteiger partial charge is 0.461 e. The highest BCUT2D eigenvalue weighted by Gasteiger charge is 2.44. The van der Waals surface area contributed by atoms with Gasteiger partial charge in [0, 0.05) is 18.2 Å². The predicted molar refractivity (Wildman–Crippen MR) is 63.9 cm³/mol. The molecule has 0 saturated carbocycles. The van der Waals surface area contributed by atoms with Crippen molar-refractivity contribution in [1.29, 1.82) is 0 Å². The molecule has 0 unspecified atom stereocenters. The smallest absolute Gasteiger partial charge is 0.428 e. The molecule has 3 nitrogen and oxygen atoms in total. The molecule has 0 radical (unpaired) electrons. The van der Waals surface area contributed by atoms with Crippen LogP contribution in [0.15, 0.2) is 24.3 Å². The molecule has 0 aliphatic carbocycles. The standard InChI is InChI=1S/C11H13F4NO2.ClH/c12-10(13)11(14,15)18-9-4-2-1-3-7(9)8(16)5-6-17;/h1-4,8,10,17H,5-6,16H2;1H/t8-;/m1./s1. The number of ether oxygens (including phenoxy) is 1. The number of alkyl halides is 4. The number of nitrogens with two attached hydrogens (primary N) is 1. The number of hydrogen-bond donors (Lipinski definition) is 2. The quantitative estimate of drug-likeness (QED) is 0.795. The van der Waals surface area contributed by atoms with Crippen molar-refractivity contribution in [2.45, 2.75) is 25.0 Å². The van der Waals surface area contributed by atoms with Crippen molar-refractivity contribution in [3.63, 3.8) is 0 Å². The highest BCUT2D eigenvalue weighted by Crippen LogP contribution is 2.32. The lowest BCUT2D eigenvalue weighted by atomic mass is 10.0. The van der Waals surface area contributed by atoms with Crippen LogP contribution in [0.3, 0.4) is 0 Å². The maximum absolute atomic E-state index is 12.8. The van der Waals surface area contributed by atoms with E-state index in [4.69, 9.17) is 10.8 Å². The Morgan fingerprint density at radius 3 is 2.37 bits per heavy atom. The summed E-state index contributed by atoms with van der Waals surface area (Å²) in [4.78, 5) is 0. The summed E-state index contributed by atoms with van der Waals surface area (Å²) in [5, 5.41) is 8.72. The van der Waals surface area contributed by atoms with Gasteiger partial charge in [-0.05, 0) is 12.5 Å². The van der Waals surface area contributed by atoms with E-state index >= 15 is 0 Å². The molecule has 3 N–H and O–H groups in total. The van der Waals surface area contributed by atoms with Gasteiger partial charge >= 0.3 is 12.5 Å². The number of aliphatic hydroxyl groups excluding tert-OH is 1. The molecule has 0 amide bonds. The minimum absolute atomic E-state index is 0. The van der Waals surface area contributed by atoms with Crippen molar-refractivity contribution in [2.24, 2.45) is 5.73 Å². The molecular formula is C11H14ClF4NO2. The highest BCUT2D eigenvalue weighted by atomic mass is 35.5. The Balaban J connectivity index is 0.00000324. The Kier molecular flexibility index (Phi) is 7.10. The van der Waals surface area contributed by atoms with Crippen LogP contribution in [0.4, 0.5) is 17.6 Å². The fraction of sp³-hybridized carbons (Fsp3) is 0.455. The van der Waals surface area contributed by atoms with Crippen LogP contribution in [0.5, 0.6) is 5.75 Å². The van der Waals surface area contributed by atoms with E-state index in [2.05, 4.69) is 4.74 Å². The van der Waals surface area contributed by atoms with E-state index in [9.17, 15) is 17.6 Å². The van der Waals surface area contributed by atoms with Crippen LogP contribution >= 0.6 is 12.4 Å². The maximum atomic E-state index is 12.8. The van der Waals surface area contributed by atoms with Crippen LogP contribution in [0.25, 0.3) is 0 Å². The summed E-state index contributed by atoms with van der Waals surface area (Å²) in [7, 11) is 0. The van der Waals surface area contributed by atoms with E-state index in [1.54, 1.807) is 0 Å². The van der Waals surface area contributed by atoms with Crippen molar-refractivity contribution in [3.8, 4) is 5.75 Å². The first-order valence-corrected chi connectivity index (χ1v) is 5.19. The fourth-order valence-electron chi connectivity index (χ4n) is 1.37. The molecule has 0 heterocycles. The summed E-state index contributed by atoms with van der Waals surface area (Å²) < 4.78 is 53.7. The summed E-state index contributed by atoms with van der Waals surface area (Å²) in [6.45, 7) is -0.249. The van der Waals surface area contributed by atoms with E-state index in [0.29, 0.717) is 0 Å². The predicted octanol–water partition coefficient (Wildman–Crippen LogP) is 2.73. The van der Waals surface area contributed by atoms with Crippen molar-refractivity contribution < 1.29 is 27.4 Å². The third-order valence-electron chi connectivity index (χ3n) is 2.26. The van der Waals surface area contributed by atoms with E-state index < -0.39 is 24.3 Å². The third kappa shape index (κ3) is 4.85. The molecular weight excluding hydrogens is 290 g/mol. The van der Waals surface area contributed by atoms with Gasteiger partial charge in [-0.15, -0.1) is 12.4 Å². The minimum atomic E-state index is -4.57. The molecule has 1 rings (SSSR count). The van der Waals surface area contributed by atoms with Crippen molar-refractivity contribution in [2.75, 3.05) is 6.61 Å². The van der Waals surface area contributed by atoms with Crippen LogP contribution in [-0.2, 0) is 0 Å². The fourth-order valence-corrected chi connectivity index (χ4v) is 1.37. The number of aliphatic hydroxyl groups is 1. The molecule has 0 saturated heterocycles. The van der Waals surface area contributed by atoms with Crippen LogP contribution in [-0.4, -0.2) is 24.2 Å². The lowest BCUT2D eigenvalue weighted by Gasteiger charge is -2.21. The van der Waals surface area contributed by atoms with E-state index in [1.165, 1.54) is 18.2 Å². The zero-order valence-electron chi connectivity index (χ0n) is 9.73. The molecule has 0 fully saturated rings. The Labute approximate surface area is 113 Å². The number of benzene rings is 1. The molecule has 1 atom stereocenters. The molecule has 19 heavy (non-hydrogen) atoms. The molecule has 0 aliphatic rings. The normalized spacial score (nSPS) is 13.0. The first-order chi connectivity index (χ1) is 8.38. The Bertz CT molecular complexity index is 393. The first-order valence-electron chi connectivity index (χ1n) is 5.19. The van der Waals surface area contributed by atoms with Crippen LogP contribution in [0.1, 0.15) is 18.0 Å². The van der Waals surface area contributed by atoms with E-state index in [0.717, 1.165) is 6.07 Å². The topological polar surface area (TPSA) is 55.5 Å². The number of hydrogen-bond acceptors (Lipinski definition) is 3. The third-order valence-corrected chi connectivity index (χ3v) is 2.26. The summed E-state index contributed by atoms with van der Waals surface area (Å²) in [5.41, 5.74) is 5.77. The van der Waals surface area contributed by atoms with Crippen molar-refractivity contribution in [1.82, 2.24) is 0 Å². The second-order valence-corrected chi connectivity index (χ2v) is 3.62. The zero-order chi connectivity index (χ0) is 13.8. The second kappa shape index (κ2) is 7.52. The second-order valence-electron chi connectivity index (χ2n) is 3.62. The van der Waals surface area contributed by atoms with Gasteiger partial charge < -0.3 is 15.6 Å². The summed E-state index contributed by atoms with van der Waals surface area (Å²) in [6.07, 6.45) is -8.39. The van der Waals surface area contributed by atoms with Gasteiger partial charge in [0.2, 0.25) is 0 Å². The summed E-state index contributed by atoms with van der Waals surface area (Å²) in [6, 6.07) is 4.63. The number of rotatable bonds is 6. The molecule has 8 heteroatoms. The van der Waals surface area contributed by atoms with E-state index in [1.807, 2.05) is 0 Å². The first kappa shape index (κ1) is 17.9. The Hall–Kier alpha value is -1.05. The molecule has 110 valence electrons.